The lowest BCUT2D eigenvalue weighted by Crippen LogP contribution is -2.35. The molecule has 2 aromatic carbocycles. The van der Waals surface area contributed by atoms with Gasteiger partial charge in [-0.25, -0.2) is 0 Å². The number of hydrogen-bond donors (Lipinski definition) is 1. The molecule has 0 aromatic heterocycles. The zero-order valence-corrected chi connectivity index (χ0v) is 13.3. The molecular weight excluding hydrogens is 254 g/mol. The summed E-state index contributed by atoms with van der Waals surface area (Å²) in [6.07, 6.45) is 5.50. The van der Waals surface area contributed by atoms with Gasteiger partial charge in [-0.1, -0.05) is 69.2 Å². The van der Waals surface area contributed by atoms with E-state index in [0.29, 0.717) is 6.04 Å². The second-order valence-corrected chi connectivity index (χ2v) is 6.89. The van der Waals surface area contributed by atoms with Gasteiger partial charge in [0.2, 0.25) is 0 Å². The number of hydrogen-bond acceptors (Lipinski definition) is 1. The predicted octanol–water partition coefficient (Wildman–Crippen LogP) is 5.14. The zero-order chi connectivity index (χ0) is 14.7. The van der Waals surface area contributed by atoms with E-state index in [1.165, 1.54) is 42.0 Å². The summed E-state index contributed by atoms with van der Waals surface area (Å²) < 4.78 is 0. The summed E-state index contributed by atoms with van der Waals surface area (Å²) in [5.41, 5.74) is 1.43. The molecule has 1 heteroatoms. The molecule has 3 rings (SSSR count). The maximum atomic E-state index is 3.81. The van der Waals surface area contributed by atoms with E-state index < -0.39 is 0 Å². The summed E-state index contributed by atoms with van der Waals surface area (Å²) in [7, 11) is 0. The summed E-state index contributed by atoms with van der Waals surface area (Å²) in [4.78, 5) is 0. The molecule has 1 aliphatic rings. The van der Waals surface area contributed by atoms with Gasteiger partial charge in [0.25, 0.3) is 0 Å². The first-order chi connectivity index (χ1) is 10.2. The first-order valence-corrected chi connectivity index (χ1v) is 8.44. The van der Waals surface area contributed by atoms with Gasteiger partial charge in [-0.05, 0) is 41.0 Å². The van der Waals surface area contributed by atoms with Gasteiger partial charge in [-0.15, -0.1) is 0 Å². The molecule has 0 saturated heterocycles. The Kier molecular flexibility index (Phi) is 4.60. The van der Waals surface area contributed by atoms with Gasteiger partial charge in [-0.2, -0.15) is 0 Å². The second-order valence-electron chi connectivity index (χ2n) is 6.89. The van der Waals surface area contributed by atoms with Crippen molar-refractivity contribution in [2.45, 2.75) is 52.1 Å². The van der Waals surface area contributed by atoms with E-state index in [9.17, 15) is 0 Å². The van der Waals surface area contributed by atoms with Gasteiger partial charge in [0, 0.05) is 12.6 Å². The van der Waals surface area contributed by atoms with E-state index in [0.717, 1.165) is 18.4 Å². The second kappa shape index (κ2) is 6.62. The Bertz CT molecular complexity index is 582. The molecule has 21 heavy (non-hydrogen) atoms. The summed E-state index contributed by atoms with van der Waals surface area (Å²) >= 11 is 0. The molecule has 2 unspecified atom stereocenters. The molecule has 0 radical (unpaired) electrons. The quantitative estimate of drug-likeness (QED) is 0.817. The summed E-state index contributed by atoms with van der Waals surface area (Å²) in [5.74, 6) is 1.73. The fourth-order valence-electron chi connectivity index (χ4n) is 3.72. The van der Waals surface area contributed by atoms with Gasteiger partial charge >= 0.3 is 0 Å². The van der Waals surface area contributed by atoms with E-state index in [1.54, 1.807) is 0 Å². The normalized spacial score (nSPS) is 22.8. The van der Waals surface area contributed by atoms with E-state index >= 15 is 0 Å². The average Bonchev–Trinajstić information content (AvgIpc) is 2.53. The number of fused-ring (bicyclic) bond motifs is 1. The summed E-state index contributed by atoms with van der Waals surface area (Å²) in [5, 5.41) is 6.55. The maximum absolute atomic E-state index is 3.81. The SMILES string of the molecule is CC(C)C1CCCC(NCc2cccc3ccccc23)C1. The molecule has 0 spiro atoms. The average molecular weight is 281 g/mol. The lowest BCUT2D eigenvalue weighted by atomic mass is 9.79. The fourth-order valence-corrected chi connectivity index (χ4v) is 3.72. The summed E-state index contributed by atoms with van der Waals surface area (Å²) in [6.45, 7) is 5.74. The van der Waals surface area contributed by atoms with Crippen LogP contribution in [0.3, 0.4) is 0 Å². The largest absolute Gasteiger partial charge is 0.310 e. The standard InChI is InChI=1S/C20H27N/c1-15(2)17-9-6-11-19(13-17)21-14-18-10-5-8-16-7-3-4-12-20(16)18/h3-5,7-8,10,12,15,17,19,21H,6,9,11,13-14H2,1-2H3. The summed E-state index contributed by atoms with van der Waals surface area (Å²) in [6, 6.07) is 16.0. The van der Waals surface area contributed by atoms with Crippen LogP contribution < -0.4 is 5.32 Å². The Morgan fingerprint density at radius 2 is 1.86 bits per heavy atom. The molecule has 1 N–H and O–H groups in total. The Hall–Kier alpha value is -1.34. The van der Waals surface area contributed by atoms with Crippen molar-refractivity contribution in [2.75, 3.05) is 0 Å². The molecular formula is C20H27N. The van der Waals surface area contributed by atoms with Crippen molar-refractivity contribution in [1.82, 2.24) is 5.32 Å². The highest BCUT2D eigenvalue weighted by atomic mass is 14.9. The van der Waals surface area contributed by atoms with Crippen LogP contribution in [-0.4, -0.2) is 6.04 Å². The Morgan fingerprint density at radius 1 is 1.05 bits per heavy atom. The van der Waals surface area contributed by atoms with Crippen LogP contribution in [0, 0.1) is 11.8 Å². The van der Waals surface area contributed by atoms with Crippen LogP contribution in [0.15, 0.2) is 42.5 Å². The van der Waals surface area contributed by atoms with Crippen LogP contribution in [-0.2, 0) is 6.54 Å². The molecule has 2 atom stereocenters. The molecule has 0 amide bonds. The van der Waals surface area contributed by atoms with Gasteiger partial charge in [0.05, 0.1) is 0 Å². The van der Waals surface area contributed by atoms with Crippen molar-refractivity contribution in [3.63, 3.8) is 0 Å². The van der Waals surface area contributed by atoms with Crippen LogP contribution in [0.25, 0.3) is 10.8 Å². The van der Waals surface area contributed by atoms with E-state index in [4.69, 9.17) is 0 Å². The highest BCUT2D eigenvalue weighted by Crippen LogP contribution is 2.30. The third-order valence-electron chi connectivity index (χ3n) is 5.12. The number of nitrogens with one attached hydrogen (secondary N) is 1. The number of rotatable bonds is 4. The lowest BCUT2D eigenvalue weighted by molar-refractivity contribution is 0.231. The molecule has 1 aliphatic carbocycles. The molecule has 1 saturated carbocycles. The molecule has 0 heterocycles. The van der Waals surface area contributed by atoms with Crippen molar-refractivity contribution < 1.29 is 0 Å². The van der Waals surface area contributed by atoms with Crippen molar-refractivity contribution in [1.29, 1.82) is 0 Å². The van der Waals surface area contributed by atoms with Crippen LogP contribution in [0.5, 0.6) is 0 Å². The minimum atomic E-state index is 0.699. The van der Waals surface area contributed by atoms with Crippen LogP contribution in [0.2, 0.25) is 0 Å². The highest BCUT2D eigenvalue weighted by molar-refractivity contribution is 5.85. The molecule has 0 aliphatic heterocycles. The van der Waals surface area contributed by atoms with Crippen molar-refractivity contribution in [3.05, 3.63) is 48.0 Å². The molecule has 1 nitrogen and oxygen atoms in total. The molecule has 1 fully saturated rings. The van der Waals surface area contributed by atoms with Crippen molar-refractivity contribution in [2.24, 2.45) is 11.8 Å². The van der Waals surface area contributed by atoms with E-state index in [-0.39, 0.29) is 0 Å². The van der Waals surface area contributed by atoms with E-state index in [1.807, 2.05) is 0 Å². The van der Waals surface area contributed by atoms with Gasteiger partial charge in [0.15, 0.2) is 0 Å². The van der Waals surface area contributed by atoms with Crippen molar-refractivity contribution in [3.8, 4) is 0 Å². The monoisotopic (exact) mass is 281 g/mol. The maximum Gasteiger partial charge on any atom is 0.0214 e. The lowest BCUT2D eigenvalue weighted by Gasteiger charge is -2.32. The van der Waals surface area contributed by atoms with E-state index in [2.05, 4.69) is 61.6 Å². The third-order valence-corrected chi connectivity index (χ3v) is 5.12. The molecule has 2 aromatic rings. The molecule has 112 valence electrons. The van der Waals surface area contributed by atoms with Crippen LogP contribution in [0.1, 0.15) is 45.1 Å². The van der Waals surface area contributed by atoms with Gasteiger partial charge in [0.1, 0.15) is 0 Å². The minimum Gasteiger partial charge on any atom is -0.310 e. The minimum absolute atomic E-state index is 0.699. The number of benzene rings is 2. The smallest absolute Gasteiger partial charge is 0.0214 e. The predicted molar refractivity (Wildman–Crippen MR) is 91.4 cm³/mol. The topological polar surface area (TPSA) is 12.0 Å². The first kappa shape index (κ1) is 14.6. The fraction of sp³-hybridized carbons (Fsp3) is 0.500. The van der Waals surface area contributed by atoms with Crippen molar-refractivity contribution >= 4 is 10.8 Å². The van der Waals surface area contributed by atoms with Crippen LogP contribution in [0.4, 0.5) is 0 Å². The van der Waals surface area contributed by atoms with Gasteiger partial charge in [-0.3, -0.25) is 0 Å². The Balaban J connectivity index is 1.66. The zero-order valence-electron chi connectivity index (χ0n) is 13.3. The Labute approximate surface area is 128 Å². The highest BCUT2D eigenvalue weighted by Gasteiger charge is 2.23. The first-order valence-electron chi connectivity index (χ1n) is 8.44. The van der Waals surface area contributed by atoms with Crippen LogP contribution >= 0.6 is 0 Å². The third kappa shape index (κ3) is 3.47. The molecule has 0 bridgehead atoms. The Morgan fingerprint density at radius 3 is 2.71 bits per heavy atom. The van der Waals surface area contributed by atoms with Gasteiger partial charge < -0.3 is 5.32 Å².